The van der Waals surface area contributed by atoms with Crippen LogP contribution in [0.1, 0.15) is 5.56 Å². The summed E-state index contributed by atoms with van der Waals surface area (Å²) in [4.78, 5) is 12.2. The average molecular weight is 294 g/mol. The SMILES string of the molecule is O=C(NCC1CSCCS1)[C@@H]1Cc2ccccc2N1. The third-order valence-corrected chi connectivity index (χ3v) is 6.32. The minimum atomic E-state index is -0.0985. The molecule has 2 N–H and O–H groups in total. The smallest absolute Gasteiger partial charge is 0.242 e. The molecule has 0 aromatic heterocycles. The Labute approximate surface area is 122 Å². The summed E-state index contributed by atoms with van der Waals surface area (Å²) in [6, 6.07) is 8.05. The Balaban J connectivity index is 1.49. The van der Waals surface area contributed by atoms with Gasteiger partial charge in [-0.2, -0.15) is 23.5 Å². The number of benzene rings is 1. The molecule has 2 aliphatic rings. The minimum absolute atomic E-state index is 0.0985. The van der Waals surface area contributed by atoms with Crippen LogP contribution in [0.2, 0.25) is 0 Å². The number of para-hydroxylation sites is 1. The van der Waals surface area contributed by atoms with Crippen LogP contribution in [0.25, 0.3) is 0 Å². The summed E-state index contributed by atoms with van der Waals surface area (Å²) in [7, 11) is 0. The molecule has 3 rings (SSSR count). The van der Waals surface area contributed by atoms with E-state index in [-0.39, 0.29) is 11.9 Å². The highest BCUT2D eigenvalue weighted by atomic mass is 32.2. The Morgan fingerprint density at radius 3 is 3.05 bits per heavy atom. The normalized spacial score (nSPS) is 25.5. The molecule has 1 aromatic rings. The zero-order valence-electron chi connectivity index (χ0n) is 10.7. The first-order chi connectivity index (χ1) is 9.33. The first-order valence-electron chi connectivity index (χ1n) is 6.64. The quantitative estimate of drug-likeness (QED) is 0.894. The number of fused-ring (bicyclic) bond motifs is 1. The van der Waals surface area contributed by atoms with Crippen molar-refractivity contribution in [3.8, 4) is 0 Å². The zero-order chi connectivity index (χ0) is 13.1. The van der Waals surface area contributed by atoms with Gasteiger partial charge in [-0.3, -0.25) is 4.79 Å². The topological polar surface area (TPSA) is 41.1 Å². The molecular formula is C14H18N2OS2. The lowest BCUT2D eigenvalue weighted by Gasteiger charge is -2.22. The van der Waals surface area contributed by atoms with Crippen molar-refractivity contribution >= 4 is 35.1 Å². The van der Waals surface area contributed by atoms with Gasteiger partial charge in [0.15, 0.2) is 0 Å². The Morgan fingerprint density at radius 1 is 1.37 bits per heavy atom. The van der Waals surface area contributed by atoms with E-state index in [1.165, 1.54) is 17.1 Å². The second-order valence-corrected chi connectivity index (χ2v) is 7.43. The van der Waals surface area contributed by atoms with E-state index in [0.717, 1.165) is 24.4 Å². The molecule has 1 amide bonds. The van der Waals surface area contributed by atoms with E-state index >= 15 is 0 Å². The van der Waals surface area contributed by atoms with Crippen molar-refractivity contribution in [3.63, 3.8) is 0 Å². The van der Waals surface area contributed by atoms with Crippen molar-refractivity contribution in [2.45, 2.75) is 17.7 Å². The average Bonchev–Trinajstić information content (AvgIpc) is 2.90. The highest BCUT2D eigenvalue weighted by molar-refractivity contribution is 8.06. The number of nitrogens with one attached hydrogen (secondary N) is 2. The lowest BCUT2D eigenvalue weighted by molar-refractivity contribution is -0.121. The molecule has 2 aliphatic heterocycles. The molecule has 102 valence electrons. The lowest BCUT2D eigenvalue weighted by atomic mass is 10.1. The van der Waals surface area contributed by atoms with Gasteiger partial charge in [0.25, 0.3) is 0 Å². The highest BCUT2D eigenvalue weighted by Gasteiger charge is 2.26. The Hall–Kier alpha value is -0.810. The van der Waals surface area contributed by atoms with Crippen molar-refractivity contribution in [1.82, 2.24) is 5.32 Å². The molecule has 0 aliphatic carbocycles. The van der Waals surface area contributed by atoms with Crippen molar-refractivity contribution in [3.05, 3.63) is 29.8 Å². The number of carbonyl (C=O) groups excluding carboxylic acids is 1. The largest absolute Gasteiger partial charge is 0.373 e. The van der Waals surface area contributed by atoms with Crippen molar-refractivity contribution in [2.24, 2.45) is 0 Å². The van der Waals surface area contributed by atoms with E-state index in [9.17, 15) is 4.79 Å². The van der Waals surface area contributed by atoms with Crippen molar-refractivity contribution in [1.29, 1.82) is 0 Å². The second-order valence-electron chi connectivity index (χ2n) is 4.87. The fraction of sp³-hybridized carbons (Fsp3) is 0.500. The lowest BCUT2D eigenvalue weighted by Crippen LogP contribution is -2.42. The summed E-state index contributed by atoms with van der Waals surface area (Å²) in [6.07, 6.45) is 0.800. The molecule has 0 saturated carbocycles. The van der Waals surface area contributed by atoms with Crippen LogP contribution in [0, 0.1) is 0 Å². The van der Waals surface area contributed by atoms with Gasteiger partial charge in [-0.15, -0.1) is 0 Å². The Kier molecular flexibility index (Phi) is 4.23. The van der Waals surface area contributed by atoms with Crippen LogP contribution < -0.4 is 10.6 Å². The zero-order valence-corrected chi connectivity index (χ0v) is 12.4. The van der Waals surface area contributed by atoms with Gasteiger partial charge in [0.2, 0.25) is 5.91 Å². The maximum atomic E-state index is 12.2. The van der Waals surface area contributed by atoms with E-state index in [4.69, 9.17) is 0 Å². The molecule has 0 bridgehead atoms. The summed E-state index contributed by atoms with van der Waals surface area (Å²) in [5, 5.41) is 6.97. The number of anilines is 1. The van der Waals surface area contributed by atoms with Crippen molar-refractivity contribution < 1.29 is 4.79 Å². The van der Waals surface area contributed by atoms with Crippen LogP contribution in [0.5, 0.6) is 0 Å². The van der Waals surface area contributed by atoms with Crippen LogP contribution in [0.4, 0.5) is 5.69 Å². The van der Waals surface area contributed by atoms with Gasteiger partial charge in [0, 0.05) is 41.2 Å². The van der Waals surface area contributed by atoms with Gasteiger partial charge in [0.05, 0.1) is 0 Å². The standard InChI is InChI=1S/C14H18N2OS2/c17-14(15-8-11-9-18-5-6-19-11)13-7-10-3-1-2-4-12(10)16-13/h1-4,11,13,16H,5-9H2,(H,15,17)/t11?,13-/m0/s1. The maximum Gasteiger partial charge on any atom is 0.242 e. The molecule has 1 unspecified atom stereocenters. The van der Waals surface area contributed by atoms with E-state index < -0.39 is 0 Å². The first-order valence-corrected chi connectivity index (χ1v) is 8.85. The van der Waals surface area contributed by atoms with Crippen molar-refractivity contribution in [2.75, 3.05) is 29.1 Å². The second kappa shape index (κ2) is 6.09. The number of hydrogen-bond donors (Lipinski definition) is 2. The molecule has 2 heterocycles. The Morgan fingerprint density at radius 2 is 2.26 bits per heavy atom. The molecule has 1 fully saturated rings. The predicted octanol–water partition coefficient (Wildman–Crippen LogP) is 1.99. The molecule has 5 heteroatoms. The Bertz CT molecular complexity index is 436. The molecule has 1 aromatic carbocycles. The number of hydrogen-bond acceptors (Lipinski definition) is 4. The first kappa shape index (κ1) is 13.2. The number of rotatable bonds is 3. The summed E-state index contributed by atoms with van der Waals surface area (Å²) >= 11 is 3.97. The van der Waals surface area contributed by atoms with Crippen LogP contribution in [-0.2, 0) is 11.2 Å². The van der Waals surface area contributed by atoms with Crippen LogP contribution in [-0.4, -0.2) is 41.0 Å². The van der Waals surface area contributed by atoms with E-state index in [0.29, 0.717) is 5.25 Å². The van der Waals surface area contributed by atoms with Crippen LogP contribution in [0.15, 0.2) is 24.3 Å². The van der Waals surface area contributed by atoms with Crippen LogP contribution >= 0.6 is 23.5 Å². The van der Waals surface area contributed by atoms with Crippen LogP contribution in [0.3, 0.4) is 0 Å². The van der Waals surface area contributed by atoms with Gasteiger partial charge >= 0.3 is 0 Å². The molecule has 19 heavy (non-hydrogen) atoms. The monoisotopic (exact) mass is 294 g/mol. The van der Waals surface area contributed by atoms with E-state index in [1.54, 1.807) is 0 Å². The van der Waals surface area contributed by atoms with E-state index in [1.807, 2.05) is 41.7 Å². The molecule has 0 radical (unpaired) electrons. The number of carbonyl (C=O) groups is 1. The summed E-state index contributed by atoms with van der Waals surface area (Å²) in [5.74, 6) is 3.74. The van der Waals surface area contributed by atoms with Gasteiger partial charge in [-0.25, -0.2) is 0 Å². The van der Waals surface area contributed by atoms with Gasteiger partial charge < -0.3 is 10.6 Å². The summed E-state index contributed by atoms with van der Waals surface area (Å²) in [6.45, 7) is 0.797. The van der Waals surface area contributed by atoms with E-state index in [2.05, 4.69) is 16.7 Å². The molecule has 2 atom stereocenters. The summed E-state index contributed by atoms with van der Waals surface area (Å²) in [5.41, 5.74) is 2.34. The molecule has 1 saturated heterocycles. The highest BCUT2D eigenvalue weighted by Crippen LogP contribution is 2.26. The fourth-order valence-electron chi connectivity index (χ4n) is 2.45. The maximum absolute atomic E-state index is 12.2. The molecule has 3 nitrogen and oxygen atoms in total. The van der Waals surface area contributed by atoms with Gasteiger partial charge in [-0.05, 0) is 11.6 Å². The number of thioether (sulfide) groups is 2. The van der Waals surface area contributed by atoms with Gasteiger partial charge in [0.1, 0.15) is 6.04 Å². The summed E-state index contributed by atoms with van der Waals surface area (Å²) < 4.78 is 0. The number of amides is 1. The fourth-order valence-corrected chi connectivity index (χ4v) is 5.06. The predicted molar refractivity (Wildman–Crippen MR) is 84.1 cm³/mol. The van der Waals surface area contributed by atoms with Gasteiger partial charge in [-0.1, -0.05) is 18.2 Å². The minimum Gasteiger partial charge on any atom is -0.373 e. The molecular weight excluding hydrogens is 276 g/mol. The molecule has 0 spiro atoms. The third-order valence-electron chi connectivity index (χ3n) is 3.48. The third kappa shape index (κ3) is 3.20.